The number of fused-ring (bicyclic) bond motifs is 1. The van der Waals surface area contributed by atoms with Crippen molar-refractivity contribution in [1.29, 1.82) is 0 Å². The molecule has 0 amide bonds. The Morgan fingerprint density at radius 1 is 1.14 bits per heavy atom. The van der Waals surface area contributed by atoms with Crippen LogP contribution in [-0.4, -0.2) is 5.78 Å². The summed E-state index contributed by atoms with van der Waals surface area (Å²) in [6.45, 7) is 1.53. The Bertz CT molecular complexity index is 503. The Morgan fingerprint density at radius 2 is 1.71 bits per heavy atom. The van der Waals surface area contributed by atoms with Crippen LogP contribution in [0.2, 0.25) is 0 Å². The topological polar surface area (TPSA) is 43.1 Å². The molecule has 14 heavy (non-hydrogen) atoms. The van der Waals surface area contributed by atoms with Gasteiger partial charge in [0.05, 0.1) is 0 Å². The zero-order valence-electron chi connectivity index (χ0n) is 7.95. The van der Waals surface area contributed by atoms with Crippen LogP contribution in [0.4, 0.5) is 5.69 Å². The summed E-state index contributed by atoms with van der Waals surface area (Å²) in [6, 6.07) is 11.5. The van der Waals surface area contributed by atoms with E-state index >= 15 is 0 Å². The van der Waals surface area contributed by atoms with Crippen molar-refractivity contribution in [3.05, 3.63) is 42.0 Å². The van der Waals surface area contributed by atoms with Gasteiger partial charge >= 0.3 is 0 Å². The van der Waals surface area contributed by atoms with Gasteiger partial charge in [0.2, 0.25) is 0 Å². The van der Waals surface area contributed by atoms with E-state index in [-0.39, 0.29) is 5.78 Å². The first-order valence-electron chi connectivity index (χ1n) is 4.47. The van der Waals surface area contributed by atoms with Crippen LogP contribution in [-0.2, 0) is 0 Å². The van der Waals surface area contributed by atoms with Crippen LogP contribution in [0.1, 0.15) is 17.3 Å². The van der Waals surface area contributed by atoms with Gasteiger partial charge in [-0.1, -0.05) is 24.3 Å². The van der Waals surface area contributed by atoms with Crippen LogP contribution in [0.3, 0.4) is 0 Å². The van der Waals surface area contributed by atoms with Crippen LogP contribution >= 0.6 is 0 Å². The average molecular weight is 185 g/mol. The Balaban J connectivity index is 2.77. The summed E-state index contributed by atoms with van der Waals surface area (Å²) in [6.07, 6.45) is 0. The molecule has 2 aromatic rings. The van der Waals surface area contributed by atoms with E-state index in [1.165, 1.54) is 6.92 Å². The molecule has 0 aromatic heterocycles. The maximum atomic E-state index is 11.2. The smallest absolute Gasteiger partial charge is 0.161 e. The van der Waals surface area contributed by atoms with E-state index in [4.69, 9.17) is 5.73 Å². The van der Waals surface area contributed by atoms with Crippen molar-refractivity contribution in [1.82, 2.24) is 0 Å². The number of hydrogen-bond acceptors (Lipinski definition) is 2. The molecular formula is C12H11NO. The molecule has 2 heteroatoms. The minimum absolute atomic E-state index is 0.00764. The SMILES string of the molecule is CC(=O)c1cc2ccccc2cc1N. The van der Waals surface area contributed by atoms with Crippen molar-refractivity contribution in [2.24, 2.45) is 0 Å². The molecule has 2 rings (SSSR count). The predicted octanol–water partition coefficient (Wildman–Crippen LogP) is 2.62. The van der Waals surface area contributed by atoms with Crippen molar-refractivity contribution in [2.45, 2.75) is 6.92 Å². The monoisotopic (exact) mass is 185 g/mol. The molecule has 0 aliphatic carbocycles. The lowest BCUT2D eigenvalue weighted by atomic mass is 10.0. The molecule has 70 valence electrons. The second-order valence-corrected chi connectivity index (χ2v) is 3.34. The number of carbonyl (C=O) groups excluding carboxylic acids is 1. The molecule has 0 saturated carbocycles. The number of rotatable bonds is 1. The van der Waals surface area contributed by atoms with Crippen LogP contribution in [0.15, 0.2) is 36.4 Å². The van der Waals surface area contributed by atoms with E-state index < -0.39 is 0 Å². The predicted molar refractivity (Wildman–Crippen MR) is 58.4 cm³/mol. The number of nitrogens with two attached hydrogens (primary N) is 1. The molecule has 0 radical (unpaired) electrons. The van der Waals surface area contributed by atoms with Crippen molar-refractivity contribution < 1.29 is 4.79 Å². The minimum Gasteiger partial charge on any atom is -0.398 e. The van der Waals surface area contributed by atoms with Crippen molar-refractivity contribution in [3.8, 4) is 0 Å². The highest BCUT2D eigenvalue weighted by atomic mass is 16.1. The van der Waals surface area contributed by atoms with Crippen LogP contribution in [0.25, 0.3) is 10.8 Å². The lowest BCUT2D eigenvalue weighted by Gasteiger charge is -2.04. The third-order valence-corrected chi connectivity index (χ3v) is 2.30. The highest BCUT2D eigenvalue weighted by molar-refractivity contribution is 6.03. The third kappa shape index (κ3) is 1.35. The molecular weight excluding hydrogens is 174 g/mol. The quantitative estimate of drug-likeness (QED) is 0.548. The van der Waals surface area contributed by atoms with Gasteiger partial charge in [0.1, 0.15) is 0 Å². The summed E-state index contributed by atoms with van der Waals surface area (Å²) in [4.78, 5) is 11.2. The molecule has 0 bridgehead atoms. The Kier molecular flexibility index (Phi) is 1.97. The maximum absolute atomic E-state index is 11.2. The summed E-state index contributed by atoms with van der Waals surface area (Å²) in [7, 11) is 0. The maximum Gasteiger partial charge on any atom is 0.161 e. The van der Waals surface area contributed by atoms with E-state index in [2.05, 4.69) is 0 Å². The van der Waals surface area contributed by atoms with Crippen LogP contribution in [0, 0.1) is 0 Å². The zero-order chi connectivity index (χ0) is 10.1. The Morgan fingerprint density at radius 3 is 2.29 bits per heavy atom. The highest BCUT2D eigenvalue weighted by Crippen LogP contribution is 2.21. The number of ketones is 1. The van der Waals surface area contributed by atoms with Gasteiger partial charge in [-0.2, -0.15) is 0 Å². The molecule has 0 spiro atoms. The standard InChI is InChI=1S/C12H11NO/c1-8(14)11-6-9-4-2-3-5-10(9)7-12(11)13/h2-7H,13H2,1H3. The van der Waals surface area contributed by atoms with Crippen LogP contribution in [0.5, 0.6) is 0 Å². The fraction of sp³-hybridized carbons (Fsp3) is 0.0833. The first kappa shape index (κ1) is 8.75. The molecule has 0 heterocycles. The highest BCUT2D eigenvalue weighted by Gasteiger charge is 2.05. The number of hydrogen-bond donors (Lipinski definition) is 1. The summed E-state index contributed by atoms with van der Waals surface area (Å²) in [5, 5.41) is 2.11. The number of Topliss-reactive ketones (excluding diaryl/α,β-unsaturated/α-hetero) is 1. The molecule has 2 N–H and O–H groups in total. The average Bonchev–Trinajstić information content (AvgIpc) is 2.16. The molecule has 0 atom stereocenters. The second-order valence-electron chi connectivity index (χ2n) is 3.34. The summed E-state index contributed by atoms with van der Waals surface area (Å²) >= 11 is 0. The first-order valence-corrected chi connectivity index (χ1v) is 4.47. The lowest BCUT2D eigenvalue weighted by Crippen LogP contribution is -1.99. The van der Waals surface area contributed by atoms with E-state index in [9.17, 15) is 4.79 Å². The third-order valence-electron chi connectivity index (χ3n) is 2.30. The van der Waals surface area contributed by atoms with Gasteiger partial charge in [0.25, 0.3) is 0 Å². The van der Waals surface area contributed by atoms with E-state index in [1.807, 2.05) is 36.4 Å². The van der Waals surface area contributed by atoms with E-state index in [0.717, 1.165) is 10.8 Å². The van der Waals surface area contributed by atoms with Crippen LogP contribution < -0.4 is 5.73 Å². The fourth-order valence-corrected chi connectivity index (χ4v) is 1.56. The van der Waals surface area contributed by atoms with Crippen molar-refractivity contribution in [2.75, 3.05) is 5.73 Å². The number of carbonyl (C=O) groups is 1. The van der Waals surface area contributed by atoms with Gasteiger partial charge in [0, 0.05) is 11.3 Å². The Labute approximate surface area is 82.3 Å². The number of anilines is 1. The van der Waals surface area contributed by atoms with Crippen molar-refractivity contribution >= 4 is 22.2 Å². The fourth-order valence-electron chi connectivity index (χ4n) is 1.56. The number of benzene rings is 2. The molecule has 2 aromatic carbocycles. The second kappa shape index (κ2) is 3.14. The lowest BCUT2D eigenvalue weighted by molar-refractivity contribution is 0.101. The van der Waals surface area contributed by atoms with E-state index in [0.29, 0.717) is 11.3 Å². The van der Waals surface area contributed by atoms with Gasteiger partial charge in [0.15, 0.2) is 5.78 Å². The molecule has 0 unspecified atom stereocenters. The summed E-state index contributed by atoms with van der Waals surface area (Å²) in [5.74, 6) is 0.00764. The first-order chi connectivity index (χ1) is 6.68. The molecule has 0 fully saturated rings. The molecule has 2 nitrogen and oxygen atoms in total. The minimum atomic E-state index is 0.00764. The largest absolute Gasteiger partial charge is 0.398 e. The Hall–Kier alpha value is -1.83. The molecule has 0 aliphatic heterocycles. The van der Waals surface area contributed by atoms with Gasteiger partial charge < -0.3 is 5.73 Å². The van der Waals surface area contributed by atoms with Crippen molar-refractivity contribution in [3.63, 3.8) is 0 Å². The van der Waals surface area contributed by atoms with Gasteiger partial charge in [-0.25, -0.2) is 0 Å². The normalized spacial score (nSPS) is 10.4. The van der Waals surface area contributed by atoms with Gasteiger partial charge in [-0.3, -0.25) is 4.79 Å². The molecule has 0 saturated heterocycles. The number of nitrogen functional groups attached to an aromatic ring is 1. The summed E-state index contributed by atoms with van der Waals surface area (Å²) in [5.41, 5.74) is 6.92. The zero-order valence-corrected chi connectivity index (χ0v) is 7.95. The van der Waals surface area contributed by atoms with E-state index in [1.54, 1.807) is 0 Å². The van der Waals surface area contributed by atoms with Gasteiger partial charge in [-0.05, 0) is 29.8 Å². The molecule has 0 aliphatic rings. The summed E-state index contributed by atoms with van der Waals surface area (Å²) < 4.78 is 0. The van der Waals surface area contributed by atoms with Gasteiger partial charge in [-0.15, -0.1) is 0 Å².